The molecular formula is C14H15F3N2O. The van der Waals surface area contributed by atoms with Crippen LogP contribution in [-0.2, 0) is 11.0 Å². The van der Waals surface area contributed by atoms with E-state index in [-0.39, 0.29) is 29.8 Å². The molecule has 0 saturated carbocycles. The van der Waals surface area contributed by atoms with E-state index in [0.29, 0.717) is 0 Å². The molecule has 2 rings (SSSR count). The number of rotatable bonds is 2. The molecule has 3 nitrogen and oxygen atoms in total. The van der Waals surface area contributed by atoms with Gasteiger partial charge in [0.25, 0.3) is 0 Å². The first-order valence-electron chi connectivity index (χ1n) is 6.26. The van der Waals surface area contributed by atoms with E-state index in [1.165, 1.54) is 17.0 Å². The van der Waals surface area contributed by atoms with Gasteiger partial charge in [-0.2, -0.15) is 13.2 Å². The van der Waals surface area contributed by atoms with Crippen molar-refractivity contribution in [1.82, 2.24) is 4.90 Å². The van der Waals surface area contributed by atoms with E-state index in [9.17, 15) is 18.0 Å². The summed E-state index contributed by atoms with van der Waals surface area (Å²) in [5.41, 5.74) is -0.417. The fourth-order valence-corrected chi connectivity index (χ4v) is 2.34. The highest BCUT2D eigenvalue weighted by Crippen LogP contribution is 2.33. The Bertz CT molecular complexity index is 552. The summed E-state index contributed by atoms with van der Waals surface area (Å²) in [6.45, 7) is 3.82. The number of halogens is 3. The van der Waals surface area contributed by atoms with Crippen LogP contribution in [0.5, 0.6) is 0 Å². The van der Waals surface area contributed by atoms with E-state index in [1.807, 2.05) is 13.8 Å². The van der Waals surface area contributed by atoms with Crippen molar-refractivity contribution < 1.29 is 18.0 Å². The number of hydrogen-bond acceptors (Lipinski definition) is 2. The number of nitrogens with zero attached hydrogens (tertiary/aromatic N) is 1. The molecule has 6 heteroatoms. The fraction of sp³-hybridized carbons (Fsp3) is 0.429. The monoisotopic (exact) mass is 284 g/mol. The maximum atomic E-state index is 12.7. The summed E-state index contributed by atoms with van der Waals surface area (Å²) in [6.07, 6.45) is -4.45. The predicted octanol–water partition coefficient (Wildman–Crippen LogP) is 3.06. The summed E-state index contributed by atoms with van der Waals surface area (Å²) in [7, 11) is 0. The molecular weight excluding hydrogens is 269 g/mol. The molecule has 1 heterocycles. The van der Waals surface area contributed by atoms with Gasteiger partial charge >= 0.3 is 6.18 Å². The summed E-state index contributed by atoms with van der Waals surface area (Å²) in [6, 6.07) is 4.60. The van der Waals surface area contributed by atoms with Crippen LogP contribution in [0.3, 0.4) is 0 Å². The molecule has 1 aliphatic rings. The smallest absolute Gasteiger partial charge is 0.334 e. The molecule has 1 amide bonds. The third-order valence-electron chi connectivity index (χ3n) is 3.39. The minimum absolute atomic E-state index is 0.0707. The molecule has 1 aromatic carbocycles. The van der Waals surface area contributed by atoms with Gasteiger partial charge in [0.05, 0.1) is 12.1 Å². The van der Waals surface area contributed by atoms with E-state index in [4.69, 9.17) is 5.41 Å². The highest BCUT2D eigenvalue weighted by molar-refractivity contribution is 6.14. The molecule has 1 fully saturated rings. The van der Waals surface area contributed by atoms with E-state index >= 15 is 0 Å². The molecule has 1 unspecified atom stereocenters. The van der Waals surface area contributed by atoms with Gasteiger partial charge in [-0.05, 0) is 25.5 Å². The standard InChI is InChI=1S/C14H15F3N2O/c1-8(2)19-7-11(18)12(13(19)20)9-4-3-5-10(6-9)14(15,16)17/h3-6,8,12,18H,7H2,1-2H3. The summed E-state index contributed by atoms with van der Waals surface area (Å²) in [4.78, 5) is 13.7. The Morgan fingerprint density at radius 2 is 2.00 bits per heavy atom. The quantitative estimate of drug-likeness (QED) is 0.891. The average molecular weight is 284 g/mol. The Morgan fingerprint density at radius 3 is 2.50 bits per heavy atom. The second-order valence-electron chi connectivity index (χ2n) is 5.14. The van der Waals surface area contributed by atoms with Crippen LogP contribution in [0.2, 0.25) is 0 Å². The predicted molar refractivity (Wildman–Crippen MR) is 68.8 cm³/mol. The molecule has 1 N–H and O–H groups in total. The zero-order valence-electron chi connectivity index (χ0n) is 11.2. The normalized spacial score (nSPS) is 20.1. The molecule has 0 aromatic heterocycles. The fourth-order valence-electron chi connectivity index (χ4n) is 2.34. The summed E-state index contributed by atoms with van der Waals surface area (Å²) < 4.78 is 38.1. The SMILES string of the molecule is CC(C)N1CC(=N)C(c2cccc(C(F)(F)F)c2)C1=O. The number of amides is 1. The van der Waals surface area contributed by atoms with Gasteiger partial charge in [-0.25, -0.2) is 0 Å². The van der Waals surface area contributed by atoms with Crippen LogP contribution in [0.15, 0.2) is 24.3 Å². The lowest BCUT2D eigenvalue weighted by Crippen LogP contribution is -2.33. The van der Waals surface area contributed by atoms with Crippen LogP contribution >= 0.6 is 0 Å². The maximum absolute atomic E-state index is 12.7. The first-order chi connectivity index (χ1) is 9.21. The Balaban J connectivity index is 2.37. The molecule has 0 spiro atoms. The molecule has 1 aromatic rings. The van der Waals surface area contributed by atoms with E-state index in [0.717, 1.165) is 12.1 Å². The molecule has 1 saturated heterocycles. The Morgan fingerprint density at radius 1 is 1.35 bits per heavy atom. The van der Waals surface area contributed by atoms with Crippen LogP contribution in [0.1, 0.15) is 30.9 Å². The van der Waals surface area contributed by atoms with Crippen LogP contribution in [-0.4, -0.2) is 29.1 Å². The van der Waals surface area contributed by atoms with Gasteiger partial charge in [-0.1, -0.05) is 18.2 Å². The molecule has 0 bridgehead atoms. The minimum atomic E-state index is -4.45. The number of nitrogens with one attached hydrogen (secondary N) is 1. The zero-order chi connectivity index (χ0) is 15.1. The van der Waals surface area contributed by atoms with Crippen LogP contribution < -0.4 is 0 Å². The first kappa shape index (κ1) is 14.6. The first-order valence-corrected chi connectivity index (χ1v) is 6.26. The van der Waals surface area contributed by atoms with Crippen molar-refractivity contribution in [3.63, 3.8) is 0 Å². The molecule has 1 atom stereocenters. The van der Waals surface area contributed by atoms with Crippen molar-refractivity contribution in [2.45, 2.75) is 32.0 Å². The van der Waals surface area contributed by atoms with Gasteiger partial charge in [0.2, 0.25) is 5.91 Å². The highest BCUT2D eigenvalue weighted by Gasteiger charge is 2.39. The van der Waals surface area contributed by atoms with Gasteiger partial charge in [-0.3, -0.25) is 4.79 Å². The lowest BCUT2D eigenvalue weighted by molar-refractivity contribution is -0.138. The molecule has 0 radical (unpaired) electrons. The lowest BCUT2D eigenvalue weighted by atomic mass is 9.94. The van der Waals surface area contributed by atoms with Crippen LogP contribution in [0.4, 0.5) is 13.2 Å². The third kappa shape index (κ3) is 2.55. The number of carbonyl (C=O) groups is 1. The van der Waals surface area contributed by atoms with Gasteiger partial charge in [0.1, 0.15) is 5.92 Å². The Labute approximate surface area is 114 Å². The van der Waals surface area contributed by atoms with Crippen molar-refractivity contribution in [2.24, 2.45) is 0 Å². The van der Waals surface area contributed by atoms with Gasteiger partial charge in [-0.15, -0.1) is 0 Å². The Kier molecular flexibility index (Phi) is 3.58. The van der Waals surface area contributed by atoms with Gasteiger partial charge < -0.3 is 10.3 Å². The summed E-state index contributed by atoms with van der Waals surface area (Å²) >= 11 is 0. The summed E-state index contributed by atoms with van der Waals surface area (Å²) in [5.74, 6) is -1.19. The number of hydrogen-bond donors (Lipinski definition) is 1. The van der Waals surface area contributed by atoms with E-state index in [2.05, 4.69) is 0 Å². The number of benzene rings is 1. The number of alkyl halides is 3. The van der Waals surface area contributed by atoms with Crippen molar-refractivity contribution >= 4 is 11.6 Å². The second-order valence-corrected chi connectivity index (χ2v) is 5.14. The van der Waals surface area contributed by atoms with Gasteiger partial charge in [0.15, 0.2) is 0 Å². The lowest BCUT2D eigenvalue weighted by Gasteiger charge is -2.20. The second kappa shape index (κ2) is 4.92. The van der Waals surface area contributed by atoms with Gasteiger partial charge in [0, 0.05) is 11.8 Å². The van der Waals surface area contributed by atoms with Crippen molar-refractivity contribution in [2.75, 3.05) is 6.54 Å². The van der Waals surface area contributed by atoms with E-state index in [1.54, 1.807) is 0 Å². The van der Waals surface area contributed by atoms with Crippen LogP contribution in [0.25, 0.3) is 0 Å². The molecule has 1 aliphatic heterocycles. The summed E-state index contributed by atoms with van der Waals surface area (Å²) in [5, 5.41) is 7.88. The van der Waals surface area contributed by atoms with E-state index < -0.39 is 17.7 Å². The average Bonchev–Trinajstić information content (AvgIpc) is 2.64. The molecule has 108 valence electrons. The van der Waals surface area contributed by atoms with Crippen LogP contribution in [0, 0.1) is 5.41 Å². The highest BCUT2D eigenvalue weighted by atomic mass is 19.4. The van der Waals surface area contributed by atoms with Crippen molar-refractivity contribution in [3.05, 3.63) is 35.4 Å². The topological polar surface area (TPSA) is 44.2 Å². The number of likely N-dealkylation sites (tertiary alicyclic amines) is 1. The largest absolute Gasteiger partial charge is 0.416 e. The zero-order valence-corrected chi connectivity index (χ0v) is 11.2. The molecule has 0 aliphatic carbocycles. The van der Waals surface area contributed by atoms with Crippen molar-refractivity contribution in [1.29, 1.82) is 5.41 Å². The number of carbonyl (C=O) groups excluding carboxylic acids is 1. The third-order valence-corrected chi connectivity index (χ3v) is 3.39. The maximum Gasteiger partial charge on any atom is 0.416 e. The Hall–Kier alpha value is -1.85. The minimum Gasteiger partial charge on any atom is -0.334 e. The van der Waals surface area contributed by atoms with Crippen molar-refractivity contribution in [3.8, 4) is 0 Å². The molecule has 20 heavy (non-hydrogen) atoms.